The molecular formula is C61H45N5O. The van der Waals surface area contributed by atoms with Crippen molar-refractivity contribution < 1.29 is 9.30 Å². The van der Waals surface area contributed by atoms with E-state index < -0.39 is 0 Å². The average Bonchev–Trinajstić information content (AvgIpc) is 4.02. The lowest BCUT2D eigenvalue weighted by molar-refractivity contribution is -0.570. The van der Waals surface area contributed by atoms with E-state index in [4.69, 9.17) is 9.72 Å². The lowest BCUT2D eigenvalue weighted by Gasteiger charge is -2.20. The number of ether oxygens (including phenoxy) is 1. The number of imidazole rings is 1. The molecule has 0 unspecified atom stereocenters. The van der Waals surface area contributed by atoms with Crippen LogP contribution in [-0.2, 0) is 12.5 Å². The van der Waals surface area contributed by atoms with Crippen molar-refractivity contribution in [3.8, 4) is 73.2 Å². The van der Waals surface area contributed by atoms with Crippen LogP contribution in [0.2, 0.25) is 0 Å². The fourth-order valence-corrected chi connectivity index (χ4v) is 10.5. The first-order chi connectivity index (χ1) is 32.8. The van der Waals surface area contributed by atoms with E-state index in [0.717, 1.165) is 89.3 Å². The molecule has 0 fully saturated rings. The van der Waals surface area contributed by atoms with E-state index in [9.17, 15) is 0 Å². The molecule has 1 aliphatic heterocycles. The van der Waals surface area contributed by atoms with Crippen LogP contribution in [0.3, 0.4) is 0 Å². The molecule has 67 heavy (non-hydrogen) atoms. The maximum Gasteiger partial charge on any atom is 0.269 e. The second kappa shape index (κ2) is 14.8. The monoisotopic (exact) mass is 863 g/mol. The second-order valence-corrected chi connectivity index (χ2v) is 18.7. The molecule has 4 aromatic heterocycles. The molecule has 0 bridgehead atoms. The Balaban J connectivity index is 1.00. The fraction of sp³-hybridized carbons (Fsp3) is 0.0820. The maximum atomic E-state index is 6.87. The van der Waals surface area contributed by atoms with Crippen LogP contribution in [0, 0.1) is 6.33 Å². The van der Waals surface area contributed by atoms with Gasteiger partial charge in [-0.15, -0.1) is 0 Å². The summed E-state index contributed by atoms with van der Waals surface area (Å²) in [4.78, 5) is 4.90. The molecule has 0 aliphatic carbocycles. The van der Waals surface area contributed by atoms with Crippen molar-refractivity contribution >= 4 is 43.7 Å². The van der Waals surface area contributed by atoms with Gasteiger partial charge in [0.2, 0.25) is 0 Å². The molecule has 0 radical (unpaired) electrons. The number of aromatic nitrogens is 5. The number of hydrogen-bond acceptors (Lipinski definition) is 2. The number of para-hydroxylation sites is 3. The predicted octanol–water partition coefficient (Wildman–Crippen LogP) is 14.8. The van der Waals surface area contributed by atoms with Gasteiger partial charge in [-0.3, -0.25) is 13.7 Å². The Hall–Kier alpha value is -8.48. The Labute approximate surface area is 388 Å². The molecular weight excluding hydrogens is 819 g/mol. The molecule has 1 aliphatic rings. The van der Waals surface area contributed by atoms with E-state index in [1.54, 1.807) is 0 Å². The van der Waals surface area contributed by atoms with Crippen LogP contribution in [0.1, 0.15) is 26.3 Å². The Kier molecular flexibility index (Phi) is 8.59. The van der Waals surface area contributed by atoms with E-state index in [2.05, 4.69) is 247 Å². The van der Waals surface area contributed by atoms with Crippen molar-refractivity contribution in [1.82, 2.24) is 18.7 Å². The van der Waals surface area contributed by atoms with Crippen molar-refractivity contribution in [2.24, 2.45) is 7.05 Å². The van der Waals surface area contributed by atoms with E-state index in [-0.39, 0.29) is 5.41 Å². The normalized spacial score (nSPS) is 12.2. The highest BCUT2D eigenvalue weighted by atomic mass is 16.5. The van der Waals surface area contributed by atoms with Gasteiger partial charge in [-0.1, -0.05) is 154 Å². The van der Waals surface area contributed by atoms with Crippen LogP contribution in [-0.4, -0.2) is 18.7 Å². The molecule has 6 heteroatoms. The molecule has 0 spiro atoms. The van der Waals surface area contributed by atoms with Gasteiger partial charge in [0.15, 0.2) is 0 Å². The first-order valence-corrected chi connectivity index (χ1v) is 22.9. The zero-order chi connectivity index (χ0) is 45.0. The zero-order valence-corrected chi connectivity index (χ0v) is 37.7. The molecule has 8 aromatic carbocycles. The van der Waals surface area contributed by atoms with Crippen molar-refractivity contribution in [3.63, 3.8) is 0 Å². The van der Waals surface area contributed by atoms with Crippen LogP contribution in [0.15, 0.2) is 200 Å². The van der Waals surface area contributed by atoms with E-state index in [1.807, 2.05) is 6.20 Å². The number of rotatable bonds is 5. The summed E-state index contributed by atoms with van der Waals surface area (Å²) in [6.45, 7) is 6.72. The summed E-state index contributed by atoms with van der Waals surface area (Å²) in [6.07, 6.45) is 8.12. The molecule has 5 heterocycles. The van der Waals surface area contributed by atoms with Gasteiger partial charge < -0.3 is 9.30 Å². The third-order valence-corrected chi connectivity index (χ3v) is 13.7. The lowest BCUT2D eigenvalue weighted by Crippen LogP contribution is -2.32. The number of hydrogen-bond donors (Lipinski definition) is 0. The van der Waals surface area contributed by atoms with Crippen LogP contribution in [0.5, 0.6) is 11.5 Å². The number of pyridine rings is 1. The highest BCUT2D eigenvalue weighted by Crippen LogP contribution is 2.45. The standard InChI is InChI=1S/C61H45N5O/c1-61(2,3)40-32-33-62-58(34-40)66-54-26-13-12-22-48(54)49-30-28-42(36-56(49)66)67-41-29-31-53-52(35-41)57(37-63(53)4)64-38-65-59-43(39-16-6-5-7-17-39)23-14-24-50(59)46-20-10-8-18-44(46)45-19-9-11-21-47(45)51-25-15-27-55(64)60(51)65/h5-37H,1-4H3. The Morgan fingerprint density at radius 2 is 1.12 bits per heavy atom. The molecule has 0 saturated carbocycles. The molecule has 12 aromatic rings. The van der Waals surface area contributed by atoms with E-state index >= 15 is 0 Å². The number of nitrogens with zero attached hydrogens (tertiary/aromatic N) is 5. The lowest BCUT2D eigenvalue weighted by atomic mass is 9.88. The fourth-order valence-electron chi connectivity index (χ4n) is 10.5. The molecule has 0 atom stereocenters. The summed E-state index contributed by atoms with van der Waals surface area (Å²) in [6, 6.07) is 67.4. The minimum Gasteiger partial charge on any atom is -0.457 e. The van der Waals surface area contributed by atoms with Gasteiger partial charge in [-0.25, -0.2) is 4.98 Å². The van der Waals surface area contributed by atoms with E-state index in [1.165, 1.54) is 33.2 Å². The summed E-state index contributed by atoms with van der Waals surface area (Å²) in [5, 5.41) is 3.38. The number of fused-ring (bicyclic) bond motifs is 11. The Bertz CT molecular complexity index is 3960. The quantitative estimate of drug-likeness (QED) is 0.128. The summed E-state index contributed by atoms with van der Waals surface area (Å²) in [7, 11) is 2.11. The summed E-state index contributed by atoms with van der Waals surface area (Å²) in [5.41, 5.74) is 18.0. The molecule has 320 valence electrons. The highest BCUT2D eigenvalue weighted by Gasteiger charge is 2.27. The van der Waals surface area contributed by atoms with Crippen molar-refractivity contribution in [1.29, 1.82) is 0 Å². The Morgan fingerprint density at radius 1 is 0.507 bits per heavy atom. The average molecular weight is 864 g/mol. The van der Waals surface area contributed by atoms with Gasteiger partial charge in [0.1, 0.15) is 17.3 Å². The first-order valence-electron chi connectivity index (χ1n) is 22.9. The van der Waals surface area contributed by atoms with Crippen LogP contribution < -0.4 is 9.30 Å². The summed E-state index contributed by atoms with van der Waals surface area (Å²) >= 11 is 0. The third-order valence-electron chi connectivity index (χ3n) is 13.7. The minimum atomic E-state index is -0.0195. The smallest absolute Gasteiger partial charge is 0.269 e. The van der Waals surface area contributed by atoms with Crippen LogP contribution >= 0.6 is 0 Å². The number of aryl methyl sites for hydroxylation is 1. The summed E-state index contributed by atoms with van der Waals surface area (Å²) in [5.74, 6) is 2.38. The van der Waals surface area contributed by atoms with Gasteiger partial charge in [-0.05, 0) is 104 Å². The predicted molar refractivity (Wildman–Crippen MR) is 273 cm³/mol. The first kappa shape index (κ1) is 38.9. The van der Waals surface area contributed by atoms with E-state index in [0.29, 0.717) is 0 Å². The van der Waals surface area contributed by atoms with Gasteiger partial charge in [-0.2, -0.15) is 0 Å². The topological polar surface area (TPSA) is 40.8 Å². The van der Waals surface area contributed by atoms with Gasteiger partial charge in [0.25, 0.3) is 6.33 Å². The van der Waals surface area contributed by atoms with Crippen molar-refractivity contribution in [3.05, 3.63) is 212 Å². The summed E-state index contributed by atoms with van der Waals surface area (Å²) < 4.78 is 15.9. The second-order valence-electron chi connectivity index (χ2n) is 18.7. The largest absolute Gasteiger partial charge is 0.457 e. The zero-order valence-electron chi connectivity index (χ0n) is 37.7. The van der Waals surface area contributed by atoms with Crippen LogP contribution in [0.25, 0.3) is 105 Å². The number of benzene rings is 8. The minimum absolute atomic E-state index is 0.0195. The third kappa shape index (κ3) is 6.10. The molecule has 0 N–H and O–H groups in total. The maximum absolute atomic E-state index is 6.87. The Morgan fingerprint density at radius 3 is 1.91 bits per heavy atom. The molecule has 13 rings (SSSR count). The van der Waals surface area contributed by atoms with Crippen molar-refractivity contribution in [2.45, 2.75) is 26.2 Å². The van der Waals surface area contributed by atoms with Gasteiger partial charge in [0, 0.05) is 47.2 Å². The molecule has 6 nitrogen and oxygen atoms in total. The van der Waals surface area contributed by atoms with Gasteiger partial charge >= 0.3 is 0 Å². The van der Waals surface area contributed by atoms with Gasteiger partial charge in [0.05, 0.1) is 33.4 Å². The highest BCUT2D eigenvalue weighted by molar-refractivity contribution is 6.09. The van der Waals surface area contributed by atoms with Crippen LogP contribution in [0.4, 0.5) is 0 Å². The van der Waals surface area contributed by atoms with Crippen molar-refractivity contribution in [2.75, 3.05) is 0 Å². The molecule has 0 saturated heterocycles. The molecule has 0 amide bonds. The SMILES string of the molecule is Cn1cc(-n2[c-][n+]3c4c(cccc42)-c2ccccc2-c2ccccc2-c2cccc(-c4ccccc4)c2-3)c2cc(Oc3ccc4c5ccccc5n(-c5cc(C(C)(C)C)ccn5)c4c3)ccc21.